The summed E-state index contributed by atoms with van der Waals surface area (Å²) in [6, 6.07) is 13.1. The smallest absolute Gasteiger partial charge is 0.338 e. The van der Waals surface area contributed by atoms with E-state index in [0.29, 0.717) is 6.54 Å². The van der Waals surface area contributed by atoms with Gasteiger partial charge in [-0.1, -0.05) is 18.2 Å². The molecular formula is C19H20N2O5S2. The number of hydrogen-bond acceptors (Lipinski definition) is 6. The van der Waals surface area contributed by atoms with E-state index in [1.807, 2.05) is 24.3 Å². The van der Waals surface area contributed by atoms with Gasteiger partial charge in [0.15, 0.2) is 6.61 Å². The lowest BCUT2D eigenvalue weighted by Gasteiger charge is -2.28. The Balaban J connectivity index is 1.69. The number of nitrogens with zero attached hydrogens (tertiary/aromatic N) is 2. The summed E-state index contributed by atoms with van der Waals surface area (Å²) < 4.78 is 30.6. The van der Waals surface area contributed by atoms with Crippen LogP contribution in [0.3, 0.4) is 0 Å². The van der Waals surface area contributed by atoms with E-state index in [2.05, 4.69) is 0 Å². The van der Waals surface area contributed by atoms with Gasteiger partial charge < -0.3 is 9.64 Å². The molecule has 0 radical (unpaired) electrons. The van der Waals surface area contributed by atoms with Crippen LogP contribution in [0.4, 0.5) is 5.69 Å². The molecule has 1 aliphatic heterocycles. The monoisotopic (exact) mass is 420 g/mol. The fraction of sp³-hybridized carbons (Fsp3) is 0.263. The number of sulfonamides is 1. The van der Waals surface area contributed by atoms with E-state index in [-0.39, 0.29) is 16.4 Å². The van der Waals surface area contributed by atoms with Gasteiger partial charge in [-0.15, -0.1) is 11.8 Å². The first-order valence-corrected chi connectivity index (χ1v) is 10.9. The van der Waals surface area contributed by atoms with E-state index in [0.717, 1.165) is 20.6 Å². The van der Waals surface area contributed by atoms with Crippen LogP contribution in [0, 0.1) is 0 Å². The van der Waals surface area contributed by atoms with Crippen LogP contribution in [0.15, 0.2) is 58.3 Å². The van der Waals surface area contributed by atoms with Crippen LogP contribution in [0.5, 0.6) is 0 Å². The Morgan fingerprint density at radius 3 is 2.64 bits per heavy atom. The highest BCUT2D eigenvalue weighted by Crippen LogP contribution is 2.34. The van der Waals surface area contributed by atoms with Crippen LogP contribution in [0.25, 0.3) is 0 Å². The Kier molecular flexibility index (Phi) is 6.07. The number of fused-ring (bicyclic) bond motifs is 1. The van der Waals surface area contributed by atoms with E-state index in [4.69, 9.17) is 4.74 Å². The summed E-state index contributed by atoms with van der Waals surface area (Å²) >= 11 is 1.67. The molecule has 0 unspecified atom stereocenters. The molecule has 2 aromatic rings. The average molecular weight is 421 g/mol. The third kappa shape index (κ3) is 4.21. The molecule has 1 heterocycles. The maximum Gasteiger partial charge on any atom is 0.338 e. The molecule has 0 fully saturated rings. The maximum atomic E-state index is 12.5. The number of esters is 1. The summed E-state index contributed by atoms with van der Waals surface area (Å²) in [7, 11) is -0.846. The maximum absolute atomic E-state index is 12.5. The molecule has 9 heteroatoms. The summed E-state index contributed by atoms with van der Waals surface area (Å²) in [5.41, 5.74) is 0.879. The zero-order chi connectivity index (χ0) is 20.3. The normalized spacial score (nSPS) is 13.9. The van der Waals surface area contributed by atoms with E-state index in [1.54, 1.807) is 16.7 Å². The Morgan fingerprint density at radius 1 is 1.14 bits per heavy atom. The van der Waals surface area contributed by atoms with Crippen LogP contribution < -0.4 is 4.90 Å². The van der Waals surface area contributed by atoms with Gasteiger partial charge in [0.2, 0.25) is 10.0 Å². The number of thioether (sulfide) groups is 1. The molecule has 1 amide bonds. The highest BCUT2D eigenvalue weighted by molar-refractivity contribution is 7.99. The number of para-hydroxylation sites is 1. The molecule has 2 aromatic carbocycles. The second-order valence-electron chi connectivity index (χ2n) is 6.25. The first-order chi connectivity index (χ1) is 13.3. The SMILES string of the molecule is CN(C)S(=O)(=O)c1cccc(C(=O)OCC(=O)N2CCSc3ccccc32)c1. The fourth-order valence-corrected chi connectivity index (χ4v) is 4.65. The second kappa shape index (κ2) is 8.34. The van der Waals surface area contributed by atoms with Crippen molar-refractivity contribution in [3.63, 3.8) is 0 Å². The minimum Gasteiger partial charge on any atom is -0.452 e. The number of carbonyl (C=O) groups is 2. The summed E-state index contributed by atoms with van der Waals surface area (Å²) in [5.74, 6) is -0.303. The van der Waals surface area contributed by atoms with Crippen molar-refractivity contribution >= 4 is 39.3 Å². The molecule has 0 saturated heterocycles. The summed E-state index contributed by atoms with van der Waals surface area (Å²) in [5, 5.41) is 0. The van der Waals surface area contributed by atoms with Crippen molar-refractivity contribution in [1.29, 1.82) is 0 Å². The van der Waals surface area contributed by atoms with Crippen molar-refractivity contribution in [3.8, 4) is 0 Å². The van der Waals surface area contributed by atoms with Crippen LogP contribution >= 0.6 is 11.8 Å². The molecule has 28 heavy (non-hydrogen) atoms. The van der Waals surface area contributed by atoms with Gasteiger partial charge in [-0.05, 0) is 30.3 Å². The van der Waals surface area contributed by atoms with E-state index in [1.165, 1.54) is 38.4 Å². The fourth-order valence-electron chi connectivity index (χ4n) is 2.71. The predicted octanol–water partition coefficient (Wildman–Crippen LogP) is 2.23. The van der Waals surface area contributed by atoms with Gasteiger partial charge in [-0.3, -0.25) is 4.79 Å². The number of hydrogen-bond donors (Lipinski definition) is 0. The Bertz CT molecular complexity index is 1000. The van der Waals surface area contributed by atoms with Gasteiger partial charge >= 0.3 is 5.97 Å². The van der Waals surface area contributed by atoms with Gasteiger partial charge in [-0.25, -0.2) is 17.5 Å². The zero-order valence-electron chi connectivity index (χ0n) is 15.5. The number of amides is 1. The lowest BCUT2D eigenvalue weighted by atomic mass is 10.2. The van der Waals surface area contributed by atoms with Gasteiger partial charge in [0.25, 0.3) is 5.91 Å². The summed E-state index contributed by atoms with van der Waals surface area (Å²) in [6.45, 7) is 0.122. The van der Waals surface area contributed by atoms with Crippen molar-refractivity contribution < 1.29 is 22.7 Å². The van der Waals surface area contributed by atoms with Crippen molar-refractivity contribution in [2.45, 2.75) is 9.79 Å². The van der Waals surface area contributed by atoms with E-state index < -0.39 is 22.6 Å². The molecule has 0 saturated carbocycles. The largest absolute Gasteiger partial charge is 0.452 e. The molecule has 7 nitrogen and oxygen atoms in total. The third-order valence-electron chi connectivity index (χ3n) is 4.20. The molecule has 0 aromatic heterocycles. The Labute approximate surface area is 168 Å². The topological polar surface area (TPSA) is 84.0 Å². The second-order valence-corrected chi connectivity index (χ2v) is 9.54. The lowest BCUT2D eigenvalue weighted by molar-refractivity contribution is -0.121. The number of anilines is 1. The molecule has 0 aliphatic carbocycles. The summed E-state index contributed by atoms with van der Waals surface area (Å²) in [4.78, 5) is 27.5. The van der Waals surface area contributed by atoms with Crippen LogP contribution in [-0.4, -0.2) is 57.6 Å². The van der Waals surface area contributed by atoms with Crippen molar-refractivity contribution in [1.82, 2.24) is 4.31 Å². The quantitative estimate of drug-likeness (QED) is 0.690. The first-order valence-electron chi connectivity index (χ1n) is 8.52. The van der Waals surface area contributed by atoms with Crippen LogP contribution in [-0.2, 0) is 19.6 Å². The number of carbonyl (C=O) groups excluding carboxylic acids is 2. The van der Waals surface area contributed by atoms with Crippen LogP contribution in [0.1, 0.15) is 10.4 Å². The van der Waals surface area contributed by atoms with Gasteiger partial charge in [0.05, 0.1) is 16.1 Å². The van der Waals surface area contributed by atoms with Crippen LogP contribution in [0.2, 0.25) is 0 Å². The standard InChI is InChI=1S/C19H20N2O5S2/c1-20(2)28(24,25)15-7-5-6-14(12-15)19(23)26-13-18(22)21-10-11-27-17-9-4-3-8-16(17)21/h3-9,12H,10-11,13H2,1-2H3. The number of rotatable bonds is 5. The van der Waals surface area contributed by atoms with E-state index in [9.17, 15) is 18.0 Å². The molecule has 0 N–H and O–H groups in total. The average Bonchev–Trinajstić information content (AvgIpc) is 2.71. The third-order valence-corrected chi connectivity index (χ3v) is 7.06. The minimum absolute atomic E-state index is 0.0136. The Hall–Kier alpha value is -2.36. The molecule has 3 rings (SSSR count). The highest BCUT2D eigenvalue weighted by atomic mass is 32.2. The predicted molar refractivity (Wildman–Crippen MR) is 107 cm³/mol. The van der Waals surface area contributed by atoms with Gasteiger partial charge in [0.1, 0.15) is 0 Å². The molecular weight excluding hydrogens is 400 g/mol. The van der Waals surface area contributed by atoms with E-state index >= 15 is 0 Å². The van der Waals surface area contributed by atoms with Crippen molar-refractivity contribution in [2.24, 2.45) is 0 Å². The highest BCUT2D eigenvalue weighted by Gasteiger charge is 2.24. The number of ether oxygens (including phenoxy) is 1. The zero-order valence-corrected chi connectivity index (χ0v) is 17.1. The minimum atomic E-state index is -3.67. The molecule has 148 valence electrons. The van der Waals surface area contributed by atoms with Gasteiger partial charge in [-0.2, -0.15) is 0 Å². The number of benzene rings is 2. The molecule has 0 bridgehead atoms. The Morgan fingerprint density at radius 2 is 1.89 bits per heavy atom. The van der Waals surface area contributed by atoms with Crippen molar-refractivity contribution in [3.05, 3.63) is 54.1 Å². The molecule has 1 aliphatic rings. The molecule has 0 spiro atoms. The summed E-state index contributed by atoms with van der Waals surface area (Å²) in [6.07, 6.45) is 0. The molecule has 0 atom stereocenters. The van der Waals surface area contributed by atoms with Crippen molar-refractivity contribution in [2.75, 3.05) is 37.9 Å². The first kappa shape index (κ1) is 20.4. The lowest BCUT2D eigenvalue weighted by Crippen LogP contribution is -2.38. The van der Waals surface area contributed by atoms with Gasteiger partial charge in [0, 0.05) is 31.3 Å².